The molecule has 0 saturated heterocycles. The van der Waals surface area contributed by atoms with Gasteiger partial charge in [-0.3, -0.25) is 4.79 Å². The highest BCUT2D eigenvalue weighted by molar-refractivity contribution is 9.10. The minimum Gasteiger partial charge on any atom is -0.343 e. The lowest BCUT2D eigenvalue weighted by molar-refractivity contribution is 0.0944. The van der Waals surface area contributed by atoms with Crippen LogP contribution in [0.2, 0.25) is 0 Å². The van der Waals surface area contributed by atoms with Crippen LogP contribution in [0.25, 0.3) is 11.5 Å². The van der Waals surface area contributed by atoms with E-state index >= 15 is 0 Å². The number of hydrogen-bond acceptors (Lipinski definition) is 6. The second kappa shape index (κ2) is 8.13. The monoisotopic (exact) mass is 438 g/mol. The summed E-state index contributed by atoms with van der Waals surface area (Å²) >= 11 is 3.40. The molecule has 4 rings (SSSR count). The van der Waals surface area contributed by atoms with Gasteiger partial charge < -0.3 is 9.84 Å². The zero-order chi connectivity index (χ0) is 19.3. The maximum Gasteiger partial charge on any atom is 0.273 e. The van der Waals surface area contributed by atoms with Crippen molar-refractivity contribution in [3.05, 3.63) is 82.3 Å². The van der Waals surface area contributed by atoms with Crippen molar-refractivity contribution in [1.29, 1.82) is 0 Å². The highest BCUT2D eigenvalue weighted by atomic mass is 79.9. The fourth-order valence-electron chi connectivity index (χ4n) is 2.56. The Kier molecular flexibility index (Phi) is 5.24. The van der Waals surface area contributed by atoms with Crippen LogP contribution in [0, 0.1) is 0 Å². The lowest BCUT2D eigenvalue weighted by atomic mass is 10.2. The molecule has 0 aliphatic rings. The Morgan fingerprint density at radius 1 is 1.14 bits per heavy atom. The van der Waals surface area contributed by atoms with Crippen molar-refractivity contribution < 1.29 is 9.32 Å². The van der Waals surface area contributed by atoms with Crippen LogP contribution in [0.4, 0.5) is 0 Å². The van der Waals surface area contributed by atoms with E-state index in [0.29, 0.717) is 18.3 Å². The standard InChI is InChI=1S/C19H15BrN6O2/c20-15-8-4-7-14(9-15)19-22-17(24-28-19)10-21-18(27)16-12-26(25-23-16)11-13-5-2-1-3-6-13/h1-9,12H,10-11H2,(H,21,27). The number of carbonyl (C=O) groups is 1. The van der Waals surface area contributed by atoms with E-state index in [1.165, 1.54) is 0 Å². The van der Waals surface area contributed by atoms with Crippen LogP contribution in [0.5, 0.6) is 0 Å². The van der Waals surface area contributed by atoms with Gasteiger partial charge in [-0.25, -0.2) is 4.68 Å². The third-order valence-corrected chi connectivity index (χ3v) is 4.40. The van der Waals surface area contributed by atoms with E-state index in [1.807, 2.05) is 54.6 Å². The van der Waals surface area contributed by atoms with E-state index in [2.05, 4.69) is 41.7 Å². The maximum absolute atomic E-state index is 12.3. The average molecular weight is 439 g/mol. The van der Waals surface area contributed by atoms with Gasteiger partial charge in [0, 0.05) is 10.0 Å². The van der Waals surface area contributed by atoms with Crippen LogP contribution in [0.3, 0.4) is 0 Å². The lowest BCUT2D eigenvalue weighted by Gasteiger charge is -2.00. The molecule has 0 spiro atoms. The Morgan fingerprint density at radius 2 is 2.00 bits per heavy atom. The second-order valence-electron chi connectivity index (χ2n) is 6.00. The van der Waals surface area contributed by atoms with Crippen LogP contribution in [0.1, 0.15) is 21.9 Å². The molecule has 0 aliphatic carbocycles. The van der Waals surface area contributed by atoms with E-state index in [4.69, 9.17) is 4.52 Å². The highest BCUT2D eigenvalue weighted by Gasteiger charge is 2.14. The molecule has 0 saturated carbocycles. The van der Waals surface area contributed by atoms with Gasteiger partial charge in [0.15, 0.2) is 11.5 Å². The topological polar surface area (TPSA) is 98.7 Å². The number of nitrogens with zero attached hydrogens (tertiary/aromatic N) is 5. The van der Waals surface area contributed by atoms with Gasteiger partial charge in [0.1, 0.15) is 0 Å². The summed E-state index contributed by atoms with van der Waals surface area (Å²) in [4.78, 5) is 16.6. The van der Waals surface area contributed by atoms with Gasteiger partial charge in [0.05, 0.1) is 19.3 Å². The number of nitrogens with one attached hydrogen (secondary N) is 1. The summed E-state index contributed by atoms with van der Waals surface area (Å²) < 4.78 is 7.78. The normalized spacial score (nSPS) is 10.8. The van der Waals surface area contributed by atoms with Crippen molar-refractivity contribution in [3.8, 4) is 11.5 Å². The predicted molar refractivity (Wildman–Crippen MR) is 104 cm³/mol. The molecule has 1 amide bonds. The molecule has 8 nitrogen and oxygen atoms in total. The fraction of sp³-hybridized carbons (Fsp3) is 0.105. The van der Waals surface area contributed by atoms with E-state index in [9.17, 15) is 4.79 Å². The van der Waals surface area contributed by atoms with Gasteiger partial charge >= 0.3 is 0 Å². The molecule has 140 valence electrons. The van der Waals surface area contributed by atoms with Crippen LogP contribution < -0.4 is 5.32 Å². The van der Waals surface area contributed by atoms with Gasteiger partial charge in [-0.15, -0.1) is 5.10 Å². The van der Waals surface area contributed by atoms with E-state index < -0.39 is 0 Å². The number of aromatic nitrogens is 5. The van der Waals surface area contributed by atoms with E-state index in [0.717, 1.165) is 15.6 Å². The van der Waals surface area contributed by atoms with Gasteiger partial charge in [-0.2, -0.15) is 4.98 Å². The summed E-state index contributed by atoms with van der Waals surface area (Å²) in [5.41, 5.74) is 2.10. The van der Waals surface area contributed by atoms with Crippen molar-refractivity contribution in [1.82, 2.24) is 30.5 Å². The second-order valence-corrected chi connectivity index (χ2v) is 6.91. The molecular weight excluding hydrogens is 424 g/mol. The molecule has 2 aromatic heterocycles. The molecule has 0 atom stereocenters. The molecule has 4 aromatic rings. The van der Waals surface area contributed by atoms with E-state index in [1.54, 1.807) is 10.9 Å². The number of amides is 1. The van der Waals surface area contributed by atoms with Crippen LogP contribution >= 0.6 is 15.9 Å². The molecular formula is C19H15BrN6O2. The summed E-state index contributed by atoms with van der Waals surface area (Å²) in [7, 11) is 0. The van der Waals surface area contributed by atoms with Crippen molar-refractivity contribution in [3.63, 3.8) is 0 Å². The van der Waals surface area contributed by atoms with Crippen LogP contribution in [-0.2, 0) is 13.1 Å². The fourth-order valence-corrected chi connectivity index (χ4v) is 2.96. The molecule has 1 N–H and O–H groups in total. The van der Waals surface area contributed by atoms with Gasteiger partial charge in [-0.1, -0.05) is 62.7 Å². The molecule has 0 bridgehead atoms. The average Bonchev–Trinajstić information content (AvgIpc) is 3.37. The number of hydrogen-bond donors (Lipinski definition) is 1. The molecule has 2 aromatic carbocycles. The van der Waals surface area contributed by atoms with E-state index in [-0.39, 0.29) is 18.1 Å². The number of benzene rings is 2. The molecule has 0 radical (unpaired) electrons. The first-order valence-corrected chi connectivity index (χ1v) is 9.27. The zero-order valence-corrected chi connectivity index (χ0v) is 16.2. The van der Waals surface area contributed by atoms with Gasteiger partial charge in [0.2, 0.25) is 0 Å². The van der Waals surface area contributed by atoms with Crippen molar-refractivity contribution >= 4 is 21.8 Å². The van der Waals surface area contributed by atoms with Gasteiger partial charge in [0.25, 0.3) is 11.8 Å². The lowest BCUT2D eigenvalue weighted by Crippen LogP contribution is -2.23. The molecule has 2 heterocycles. The van der Waals surface area contributed by atoms with Crippen molar-refractivity contribution in [2.75, 3.05) is 0 Å². The molecule has 0 aliphatic heterocycles. The van der Waals surface area contributed by atoms with Crippen LogP contribution in [0.15, 0.2) is 69.8 Å². The minimum absolute atomic E-state index is 0.127. The minimum atomic E-state index is -0.354. The molecule has 9 heteroatoms. The molecule has 0 fully saturated rings. The quantitative estimate of drug-likeness (QED) is 0.496. The summed E-state index contributed by atoms with van der Waals surface area (Å²) in [6.45, 7) is 0.670. The van der Waals surface area contributed by atoms with Gasteiger partial charge in [-0.05, 0) is 23.8 Å². The molecule has 0 unspecified atom stereocenters. The summed E-state index contributed by atoms with van der Waals surface area (Å²) in [5.74, 6) is 0.410. The first kappa shape index (κ1) is 18.1. The third-order valence-electron chi connectivity index (χ3n) is 3.91. The molecule has 28 heavy (non-hydrogen) atoms. The highest BCUT2D eigenvalue weighted by Crippen LogP contribution is 2.21. The number of halogens is 1. The van der Waals surface area contributed by atoms with Crippen LogP contribution in [-0.4, -0.2) is 31.0 Å². The Morgan fingerprint density at radius 3 is 2.82 bits per heavy atom. The Bertz CT molecular complexity index is 1090. The first-order chi connectivity index (χ1) is 13.7. The summed E-state index contributed by atoms with van der Waals surface area (Å²) in [6, 6.07) is 17.4. The summed E-state index contributed by atoms with van der Waals surface area (Å²) in [5, 5.41) is 14.5. The SMILES string of the molecule is O=C(NCc1noc(-c2cccc(Br)c2)n1)c1cn(Cc2ccccc2)nn1. The van der Waals surface area contributed by atoms with Crippen molar-refractivity contribution in [2.24, 2.45) is 0 Å². The predicted octanol–water partition coefficient (Wildman–Crippen LogP) is 3.07. The Labute approximate surface area is 168 Å². The smallest absolute Gasteiger partial charge is 0.273 e. The maximum atomic E-state index is 12.3. The Balaban J connectivity index is 1.36. The number of rotatable bonds is 6. The summed E-state index contributed by atoms with van der Waals surface area (Å²) in [6.07, 6.45) is 1.60. The number of carbonyl (C=O) groups excluding carboxylic acids is 1. The largest absolute Gasteiger partial charge is 0.343 e. The van der Waals surface area contributed by atoms with Crippen molar-refractivity contribution in [2.45, 2.75) is 13.1 Å². The third kappa shape index (κ3) is 4.32. The Hall–Kier alpha value is -3.33. The first-order valence-electron chi connectivity index (χ1n) is 8.48. The zero-order valence-electron chi connectivity index (χ0n) is 14.6.